The highest BCUT2D eigenvalue weighted by Gasteiger charge is 2.55. The third-order valence-electron chi connectivity index (χ3n) is 2.70. The second-order valence-corrected chi connectivity index (χ2v) is 5.17. The van der Waals surface area contributed by atoms with Crippen LogP contribution >= 0.6 is 22.9 Å². The summed E-state index contributed by atoms with van der Waals surface area (Å²) in [5, 5.41) is 9.83. The molecule has 1 aliphatic carbocycles. The minimum Gasteiger partial charge on any atom is -0.467 e. The molecular weight excluding hydrogens is 238 g/mol. The van der Waals surface area contributed by atoms with E-state index < -0.39 is 17.5 Å². The Hall–Kier alpha value is -0.650. The molecule has 4 nitrogen and oxygen atoms in total. The number of thiazole rings is 1. The van der Waals surface area contributed by atoms with Gasteiger partial charge in [-0.3, -0.25) is 0 Å². The number of aliphatic hydroxyl groups excluding tert-OH is 1. The molecule has 0 amide bonds. The van der Waals surface area contributed by atoms with Gasteiger partial charge in [0, 0.05) is 16.5 Å². The summed E-state index contributed by atoms with van der Waals surface area (Å²) < 4.78 is 4.95. The van der Waals surface area contributed by atoms with Crippen LogP contribution in [0.15, 0.2) is 6.20 Å². The molecule has 0 saturated heterocycles. The number of aliphatic hydroxyl groups is 1. The molecule has 1 heterocycles. The molecule has 0 aliphatic heterocycles. The van der Waals surface area contributed by atoms with Crippen molar-refractivity contribution in [1.82, 2.24) is 4.98 Å². The van der Waals surface area contributed by atoms with Gasteiger partial charge in [-0.25, -0.2) is 9.78 Å². The molecule has 1 atom stereocenters. The Kier molecular flexibility index (Phi) is 2.70. The number of rotatable bonds is 3. The van der Waals surface area contributed by atoms with Crippen LogP contribution < -0.4 is 0 Å². The topological polar surface area (TPSA) is 59.4 Å². The lowest BCUT2D eigenvalue weighted by molar-refractivity contribution is -0.152. The molecule has 1 aromatic heterocycles. The van der Waals surface area contributed by atoms with Gasteiger partial charge in [0.15, 0.2) is 10.6 Å². The normalized spacial score (nSPS) is 19.7. The number of aromatic nitrogens is 1. The van der Waals surface area contributed by atoms with Crippen LogP contribution in [0.1, 0.15) is 17.7 Å². The number of esters is 1. The fourth-order valence-corrected chi connectivity index (χ4v) is 2.82. The maximum Gasteiger partial charge on any atom is 0.335 e. The van der Waals surface area contributed by atoms with E-state index in [1.54, 1.807) is 6.20 Å². The Labute approximate surface area is 95.8 Å². The number of halogens is 1. The van der Waals surface area contributed by atoms with Gasteiger partial charge in [0.05, 0.1) is 7.11 Å². The van der Waals surface area contributed by atoms with E-state index in [2.05, 4.69) is 9.72 Å². The lowest BCUT2D eigenvalue weighted by Gasteiger charge is -2.17. The highest BCUT2D eigenvalue weighted by Crippen LogP contribution is 2.53. The first-order valence-electron chi connectivity index (χ1n) is 4.48. The standard InChI is InChI=1S/C9H10ClNO3S/c1-14-7(13)6(12)9(2-3-9)5-4-11-8(10)15-5/h4,6,12H,2-3H2,1H3. The molecule has 1 aliphatic rings. The summed E-state index contributed by atoms with van der Waals surface area (Å²) in [7, 11) is 1.27. The number of carbonyl (C=O) groups is 1. The maximum absolute atomic E-state index is 11.3. The molecule has 6 heteroatoms. The fourth-order valence-electron chi connectivity index (χ4n) is 1.61. The van der Waals surface area contributed by atoms with Crippen LogP contribution in [0, 0.1) is 0 Å². The molecule has 0 radical (unpaired) electrons. The molecule has 0 bridgehead atoms. The molecule has 0 spiro atoms. The molecule has 1 unspecified atom stereocenters. The van der Waals surface area contributed by atoms with Crippen LogP contribution in [0.25, 0.3) is 0 Å². The van der Waals surface area contributed by atoms with E-state index >= 15 is 0 Å². The van der Waals surface area contributed by atoms with Gasteiger partial charge in [-0.1, -0.05) is 11.6 Å². The fraction of sp³-hybridized carbons (Fsp3) is 0.556. The highest BCUT2D eigenvalue weighted by molar-refractivity contribution is 7.15. The van der Waals surface area contributed by atoms with Crippen LogP contribution in [0.5, 0.6) is 0 Å². The summed E-state index contributed by atoms with van der Waals surface area (Å²) in [6.45, 7) is 0. The van der Waals surface area contributed by atoms with E-state index in [4.69, 9.17) is 11.6 Å². The summed E-state index contributed by atoms with van der Waals surface area (Å²) in [6, 6.07) is 0. The number of ether oxygens (including phenoxy) is 1. The van der Waals surface area contributed by atoms with Crippen molar-refractivity contribution >= 4 is 28.9 Å². The molecule has 1 saturated carbocycles. The molecule has 2 rings (SSSR count). The van der Waals surface area contributed by atoms with Gasteiger partial charge in [-0.2, -0.15) is 0 Å². The second kappa shape index (κ2) is 3.73. The highest BCUT2D eigenvalue weighted by atomic mass is 35.5. The minimum atomic E-state index is -1.11. The van der Waals surface area contributed by atoms with Crippen molar-refractivity contribution in [2.24, 2.45) is 0 Å². The average molecular weight is 248 g/mol. The first-order chi connectivity index (χ1) is 7.10. The Bertz CT molecular complexity index is 388. The van der Waals surface area contributed by atoms with E-state index in [-0.39, 0.29) is 0 Å². The van der Waals surface area contributed by atoms with Crippen molar-refractivity contribution in [2.45, 2.75) is 24.4 Å². The SMILES string of the molecule is COC(=O)C(O)C1(c2cnc(Cl)s2)CC1. The molecular formula is C9H10ClNO3S. The van der Waals surface area contributed by atoms with Crippen molar-refractivity contribution in [3.63, 3.8) is 0 Å². The second-order valence-electron chi connectivity index (χ2n) is 3.56. The summed E-state index contributed by atoms with van der Waals surface area (Å²) in [6.07, 6.45) is 2.04. The van der Waals surface area contributed by atoms with Gasteiger partial charge in [-0.05, 0) is 12.8 Å². The van der Waals surface area contributed by atoms with Gasteiger partial charge in [0.2, 0.25) is 0 Å². The summed E-state index contributed by atoms with van der Waals surface area (Å²) >= 11 is 7.02. The van der Waals surface area contributed by atoms with Crippen LogP contribution in [0.2, 0.25) is 4.47 Å². The molecule has 0 aromatic carbocycles. The average Bonchev–Trinajstić information content (AvgIpc) is 2.94. The molecule has 1 aromatic rings. The maximum atomic E-state index is 11.3. The lowest BCUT2D eigenvalue weighted by atomic mass is 9.98. The minimum absolute atomic E-state index is 0.424. The quantitative estimate of drug-likeness (QED) is 0.820. The van der Waals surface area contributed by atoms with Crippen molar-refractivity contribution < 1.29 is 14.6 Å². The first-order valence-corrected chi connectivity index (χ1v) is 5.67. The zero-order valence-corrected chi connectivity index (χ0v) is 9.64. The zero-order valence-electron chi connectivity index (χ0n) is 8.07. The molecule has 1 fully saturated rings. The first kappa shape index (κ1) is 10.9. The van der Waals surface area contributed by atoms with Gasteiger partial charge in [0.25, 0.3) is 0 Å². The predicted molar refractivity (Wildman–Crippen MR) is 56.1 cm³/mol. The van der Waals surface area contributed by atoms with E-state index in [9.17, 15) is 9.90 Å². The van der Waals surface area contributed by atoms with E-state index in [1.165, 1.54) is 18.4 Å². The Morgan fingerprint density at radius 3 is 2.87 bits per heavy atom. The number of hydrogen-bond donors (Lipinski definition) is 1. The number of methoxy groups -OCH3 is 1. The van der Waals surface area contributed by atoms with Crippen LogP contribution in [-0.4, -0.2) is 29.3 Å². The van der Waals surface area contributed by atoms with Crippen LogP contribution in [-0.2, 0) is 14.9 Å². The Morgan fingerprint density at radius 2 is 2.47 bits per heavy atom. The van der Waals surface area contributed by atoms with Crippen LogP contribution in [0.3, 0.4) is 0 Å². The summed E-state index contributed by atoms with van der Waals surface area (Å²) in [4.78, 5) is 16.0. The molecule has 15 heavy (non-hydrogen) atoms. The van der Waals surface area contributed by atoms with E-state index in [0.717, 1.165) is 17.7 Å². The monoisotopic (exact) mass is 247 g/mol. The van der Waals surface area contributed by atoms with Crippen molar-refractivity contribution in [3.8, 4) is 0 Å². The van der Waals surface area contributed by atoms with E-state index in [0.29, 0.717) is 4.47 Å². The third kappa shape index (κ3) is 1.75. The number of carbonyl (C=O) groups excluding carboxylic acids is 1. The van der Waals surface area contributed by atoms with E-state index in [1.807, 2.05) is 0 Å². The molecule has 1 N–H and O–H groups in total. The third-order valence-corrected chi connectivity index (χ3v) is 4.04. The van der Waals surface area contributed by atoms with Gasteiger partial charge >= 0.3 is 5.97 Å². The van der Waals surface area contributed by atoms with Crippen molar-refractivity contribution in [2.75, 3.05) is 7.11 Å². The van der Waals surface area contributed by atoms with Gasteiger partial charge in [-0.15, -0.1) is 11.3 Å². The zero-order chi connectivity index (χ0) is 11.1. The molecule has 82 valence electrons. The van der Waals surface area contributed by atoms with Crippen molar-refractivity contribution in [1.29, 1.82) is 0 Å². The lowest BCUT2D eigenvalue weighted by Crippen LogP contribution is -2.34. The summed E-state index contributed by atoms with van der Waals surface area (Å²) in [5.41, 5.74) is -0.502. The Morgan fingerprint density at radius 1 is 1.80 bits per heavy atom. The number of hydrogen-bond acceptors (Lipinski definition) is 5. The largest absolute Gasteiger partial charge is 0.467 e. The summed E-state index contributed by atoms with van der Waals surface area (Å²) in [5.74, 6) is -0.600. The smallest absolute Gasteiger partial charge is 0.335 e. The van der Waals surface area contributed by atoms with Gasteiger partial charge in [0.1, 0.15) is 0 Å². The van der Waals surface area contributed by atoms with Gasteiger partial charge < -0.3 is 9.84 Å². The predicted octanol–water partition coefficient (Wildman–Crippen LogP) is 1.36. The van der Waals surface area contributed by atoms with Crippen LogP contribution in [0.4, 0.5) is 0 Å². The number of nitrogens with zero attached hydrogens (tertiary/aromatic N) is 1. The Balaban J connectivity index is 2.24. The van der Waals surface area contributed by atoms with Crippen molar-refractivity contribution in [3.05, 3.63) is 15.5 Å².